The van der Waals surface area contributed by atoms with Crippen molar-refractivity contribution in [3.63, 3.8) is 0 Å². The molecule has 0 aromatic rings. The minimum atomic E-state index is -1.18. The first-order valence-corrected chi connectivity index (χ1v) is 3.45. The van der Waals surface area contributed by atoms with Gasteiger partial charge in [-0.3, -0.25) is 10.6 Å². The maximum atomic E-state index is 9.29. The Balaban J connectivity index is 2.39. The Hall–Kier alpha value is -0.160. The molecule has 0 saturated carbocycles. The average molecular weight is 146 g/mol. The molecule has 0 aliphatic carbocycles. The van der Waals surface area contributed by atoms with Gasteiger partial charge >= 0.3 is 0 Å². The summed E-state index contributed by atoms with van der Waals surface area (Å²) in [5, 5.41) is 9.29. The summed E-state index contributed by atoms with van der Waals surface area (Å²) in [5.74, 6) is -1.18. The van der Waals surface area contributed by atoms with Crippen LogP contribution in [0.2, 0.25) is 0 Å². The molecular weight excluding hydrogens is 132 g/mol. The number of rotatable bonds is 1. The van der Waals surface area contributed by atoms with E-state index < -0.39 is 5.85 Å². The van der Waals surface area contributed by atoms with Gasteiger partial charge in [0, 0.05) is 13.1 Å². The average Bonchev–Trinajstić information content (AvgIpc) is 1.88. The molecule has 1 rings (SSSR count). The predicted octanol–water partition coefficient (Wildman–Crippen LogP) is -1.06. The van der Waals surface area contributed by atoms with E-state index in [4.69, 9.17) is 10.5 Å². The molecule has 60 valence electrons. The Labute approximate surface area is 60.6 Å². The zero-order chi connectivity index (χ0) is 7.61. The summed E-state index contributed by atoms with van der Waals surface area (Å²) in [5.41, 5.74) is 5.44. The van der Waals surface area contributed by atoms with E-state index in [1.54, 1.807) is 11.8 Å². The number of morpholine rings is 1. The van der Waals surface area contributed by atoms with E-state index in [9.17, 15) is 5.11 Å². The van der Waals surface area contributed by atoms with Gasteiger partial charge in [0.15, 0.2) is 5.85 Å². The summed E-state index contributed by atoms with van der Waals surface area (Å²) in [6.45, 7) is 4.33. The van der Waals surface area contributed by atoms with Gasteiger partial charge < -0.3 is 9.84 Å². The highest BCUT2D eigenvalue weighted by atomic mass is 16.5. The molecule has 1 aliphatic rings. The van der Waals surface area contributed by atoms with E-state index in [1.165, 1.54) is 0 Å². The molecule has 1 unspecified atom stereocenters. The molecular formula is C6H14N2O2. The monoisotopic (exact) mass is 146 g/mol. The van der Waals surface area contributed by atoms with Crippen LogP contribution in [-0.4, -0.2) is 42.2 Å². The number of aliphatic hydroxyl groups is 1. The highest BCUT2D eigenvalue weighted by Crippen LogP contribution is 2.05. The summed E-state index contributed by atoms with van der Waals surface area (Å²) in [4.78, 5) is 1.79. The predicted molar refractivity (Wildman–Crippen MR) is 37.2 cm³/mol. The quantitative estimate of drug-likeness (QED) is 0.463. The van der Waals surface area contributed by atoms with E-state index in [0.29, 0.717) is 26.3 Å². The van der Waals surface area contributed by atoms with Gasteiger partial charge in [-0.25, -0.2) is 0 Å². The lowest BCUT2D eigenvalue weighted by atomic mass is 10.3. The van der Waals surface area contributed by atoms with Crippen LogP contribution < -0.4 is 5.73 Å². The maximum absolute atomic E-state index is 9.29. The van der Waals surface area contributed by atoms with E-state index in [-0.39, 0.29) is 0 Å². The molecule has 1 aliphatic heterocycles. The van der Waals surface area contributed by atoms with E-state index in [0.717, 1.165) is 0 Å². The minimum absolute atomic E-state index is 0.660. The number of nitrogens with zero attached hydrogens (tertiary/aromatic N) is 1. The fourth-order valence-corrected chi connectivity index (χ4v) is 1.02. The van der Waals surface area contributed by atoms with Crippen LogP contribution in [0.15, 0.2) is 0 Å². The third-order valence-electron chi connectivity index (χ3n) is 1.65. The normalized spacial score (nSPS) is 27.9. The van der Waals surface area contributed by atoms with Crippen LogP contribution in [0.3, 0.4) is 0 Å². The van der Waals surface area contributed by atoms with Crippen LogP contribution in [0.5, 0.6) is 0 Å². The fraction of sp³-hybridized carbons (Fsp3) is 1.00. The van der Waals surface area contributed by atoms with Crippen LogP contribution in [0.4, 0.5) is 0 Å². The van der Waals surface area contributed by atoms with Gasteiger partial charge in [0.2, 0.25) is 0 Å². The fourth-order valence-electron chi connectivity index (χ4n) is 1.02. The van der Waals surface area contributed by atoms with Crippen molar-refractivity contribution in [1.82, 2.24) is 4.90 Å². The third-order valence-corrected chi connectivity index (χ3v) is 1.65. The van der Waals surface area contributed by atoms with Crippen LogP contribution >= 0.6 is 0 Å². The van der Waals surface area contributed by atoms with Crippen molar-refractivity contribution in [3.05, 3.63) is 0 Å². The van der Waals surface area contributed by atoms with Crippen molar-refractivity contribution in [2.75, 3.05) is 26.3 Å². The molecule has 4 nitrogen and oxygen atoms in total. The van der Waals surface area contributed by atoms with Gasteiger partial charge in [-0.2, -0.15) is 0 Å². The second kappa shape index (κ2) is 2.84. The molecule has 0 radical (unpaired) electrons. The van der Waals surface area contributed by atoms with Crippen LogP contribution in [0, 0.1) is 0 Å². The smallest absolute Gasteiger partial charge is 0.169 e. The first-order chi connectivity index (χ1) is 4.61. The van der Waals surface area contributed by atoms with Gasteiger partial charge in [0.05, 0.1) is 13.2 Å². The second-order valence-corrected chi connectivity index (χ2v) is 2.69. The highest BCUT2D eigenvalue weighted by molar-refractivity contribution is 4.70. The molecule has 1 atom stereocenters. The third kappa shape index (κ3) is 1.91. The SMILES string of the molecule is CC(N)(O)N1CCOCC1. The molecule has 0 aromatic heterocycles. The van der Waals surface area contributed by atoms with Crippen molar-refractivity contribution < 1.29 is 9.84 Å². The Kier molecular flexibility index (Phi) is 2.25. The topological polar surface area (TPSA) is 58.7 Å². The molecule has 0 aromatic carbocycles. The van der Waals surface area contributed by atoms with Gasteiger partial charge in [-0.15, -0.1) is 0 Å². The van der Waals surface area contributed by atoms with Crippen molar-refractivity contribution in [2.45, 2.75) is 12.8 Å². The first-order valence-electron chi connectivity index (χ1n) is 3.45. The first kappa shape index (κ1) is 7.94. The zero-order valence-electron chi connectivity index (χ0n) is 6.21. The zero-order valence-corrected chi connectivity index (χ0v) is 6.21. The molecule has 10 heavy (non-hydrogen) atoms. The van der Waals surface area contributed by atoms with Crippen molar-refractivity contribution in [1.29, 1.82) is 0 Å². The van der Waals surface area contributed by atoms with E-state index in [2.05, 4.69) is 0 Å². The lowest BCUT2D eigenvalue weighted by Gasteiger charge is -2.35. The van der Waals surface area contributed by atoms with E-state index in [1.807, 2.05) is 0 Å². The van der Waals surface area contributed by atoms with Crippen LogP contribution in [0.25, 0.3) is 0 Å². The number of hydrogen-bond acceptors (Lipinski definition) is 4. The Morgan fingerprint density at radius 1 is 1.50 bits per heavy atom. The minimum Gasteiger partial charge on any atom is -0.379 e. The lowest BCUT2D eigenvalue weighted by Crippen LogP contribution is -2.57. The van der Waals surface area contributed by atoms with Crippen LogP contribution in [-0.2, 0) is 4.74 Å². The molecule has 1 saturated heterocycles. The largest absolute Gasteiger partial charge is 0.379 e. The number of nitrogens with two attached hydrogens (primary N) is 1. The van der Waals surface area contributed by atoms with Gasteiger partial charge in [0.1, 0.15) is 0 Å². The maximum Gasteiger partial charge on any atom is 0.169 e. The summed E-state index contributed by atoms with van der Waals surface area (Å²) in [6.07, 6.45) is 0. The Morgan fingerprint density at radius 3 is 2.30 bits per heavy atom. The number of ether oxygens (including phenoxy) is 1. The van der Waals surface area contributed by atoms with Gasteiger partial charge in [0.25, 0.3) is 0 Å². The van der Waals surface area contributed by atoms with Crippen molar-refractivity contribution in [2.24, 2.45) is 5.73 Å². The van der Waals surface area contributed by atoms with E-state index >= 15 is 0 Å². The molecule has 1 fully saturated rings. The summed E-state index contributed by atoms with van der Waals surface area (Å²) >= 11 is 0. The molecule has 4 heteroatoms. The van der Waals surface area contributed by atoms with Gasteiger partial charge in [-0.1, -0.05) is 0 Å². The van der Waals surface area contributed by atoms with Gasteiger partial charge in [-0.05, 0) is 6.92 Å². The van der Waals surface area contributed by atoms with Crippen molar-refractivity contribution in [3.8, 4) is 0 Å². The second-order valence-electron chi connectivity index (χ2n) is 2.69. The summed E-state index contributed by atoms with van der Waals surface area (Å²) < 4.78 is 5.09. The highest BCUT2D eigenvalue weighted by Gasteiger charge is 2.25. The van der Waals surface area contributed by atoms with Crippen molar-refractivity contribution >= 4 is 0 Å². The summed E-state index contributed by atoms with van der Waals surface area (Å²) in [6, 6.07) is 0. The number of hydrogen-bond donors (Lipinski definition) is 2. The molecule has 1 heterocycles. The molecule has 0 spiro atoms. The van der Waals surface area contributed by atoms with Crippen LogP contribution in [0.1, 0.15) is 6.92 Å². The molecule has 0 bridgehead atoms. The molecule has 0 amide bonds. The summed E-state index contributed by atoms with van der Waals surface area (Å²) in [7, 11) is 0. The Bertz CT molecular complexity index is 105. The lowest BCUT2D eigenvalue weighted by molar-refractivity contribution is -0.124. The standard InChI is InChI=1S/C6H14N2O2/c1-6(7,9)8-2-4-10-5-3-8/h9H,2-5,7H2,1H3. The molecule has 3 N–H and O–H groups in total. The Morgan fingerprint density at radius 2 is 2.00 bits per heavy atom.